The van der Waals surface area contributed by atoms with E-state index in [9.17, 15) is 10.1 Å². The predicted octanol–water partition coefficient (Wildman–Crippen LogP) is 4.00. The third-order valence-electron chi connectivity index (χ3n) is 4.66. The summed E-state index contributed by atoms with van der Waals surface area (Å²) < 4.78 is 0. The van der Waals surface area contributed by atoms with E-state index in [4.69, 9.17) is 11.6 Å². The van der Waals surface area contributed by atoms with E-state index in [1.807, 2.05) is 6.07 Å². The number of likely N-dealkylation sites (tertiary alicyclic amines) is 1. The Bertz CT molecular complexity index is 716. The van der Waals surface area contributed by atoms with Gasteiger partial charge in [-0.1, -0.05) is 41.9 Å². The van der Waals surface area contributed by atoms with Crippen molar-refractivity contribution >= 4 is 17.3 Å². The maximum atomic E-state index is 10.9. The molecule has 0 aliphatic carbocycles. The van der Waals surface area contributed by atoms with E-state index in [0.29, 0.717) is 17.6 Å². The fourth-order valence-electron chi connectivity index (χ4n) is 3.20. The fourth-order valence-corrected chi connectivity index (χ4v) is 3.39. The molecule has 0 aromatic heterocycles. The topological polar surface area (TPSA) is 58.4 Å². The summed E-state index contributed by atoms with van der Waals surface area (Å²) in [6.45, 7) is 3.65. The van der Waals surface area contributed by atoms with E-state index >= 15 is 0 Å². The quantitative estimate of drug-likeness (QED) is 0.625. The second-order valence-electron chi connectivity index (χ2n) is 6.45. The van der Waals surface area contributed by atoms with Gasteiger partial charge < -0.3 is 5.32 Å². The second-order valence-corrected chi connectivity index (χ2v) is 6.86. The first-order valence-electron chi connectivity index (χ1n) is 8.54. The van der Waals surface area contributed by atoms with Gasteiger partial charge in [0.15, 0.2) is 0 Å². The van der Waals surface area contributed by atoms with Gasteiger partial charge in [-0.05, 0) is 43.1 Å². The summed E-state index contributed by atoms with van der Waals surface area (Å²) in [5.74, 6) is 0. The molecule has 2 aromatic rings. The molecule has 0 unspecified atom stereocenters. The number of nitro benzene ring substituents is 1. The molecule has 0 saturated carbocycles. The number of benzene rings is 2. The van der Waals surface area contributed by atoms with Gasteiger partial charge in [0, 0.05) is 36.3 Å². The van der Waals surface area contributed by atoms with E-state index in [2.05, 4.69) is 34.5 Å². The Morgan fingerprint density at radius 2 is 1.88 bits per heavy atom. The number of piperidine rings is 1. The maximum Gasteiger partial charge on any atom is 0.269 e. The van der Waals surface area contributed by atoms with Crippen molar-refractivity contribution in [3.63, 3.8) is 0 Å². The Balaban J connectivity index is 1.48. The van der Waals surface area contributed by atoms with Crippen LogP contribution in [0, 0.1) is 10.1 Å². The molecule has 1 aliphatic heterocycles. The van der Waals surface area contributed by atoms with Crippen LogP contribution >= 0.6 is 11.6 Å². The number of nitrogens with one attached hydrogen (secondary N) is 1. The van der Waals surface area contributed by atoms with Crippen LogP contribution in [-0.4, -0.2) is 29.0 Å². The SMILES string of the molecule is O=[N+]([O-])c1ccc(Cl)c(CNC2CCN(Cc3ccccc3)CC2)c1. The molecule has 1 heterocycles. The minimum atomic E-state index is -0.387. The third kappa shape index (κ3) is 5.01. The lowest BCUT2D eigenvalue weighted by Crippen LogP contribution is -2.41. The Hall–Kier alpha value is -1.95. The molecule has 0 atom stereocenters. The van der Waals surface area contributed by atoms with Gasteiger partial charge in [-0.3, -0.25) is 15.0 Å². The van der Waals surface area contributed by atoms with Crippen LogP contribution in [0.4, 0.5) is 5.69 Å². The van der Waals surface area contributed by atoms with Crippen molar-refractivity contribution in [1.29, 1.82) is 0 Å². The lowest BCUT2D eigenvalue weighted by atomic mass is 10.0. The molecule has 1 saturated heterocycles. The van der Waals surface area contributed by atoms with Crippen LogP contribution in [0.3, 0.4) is 0 Å². The number of nitrogens with zero attached hydrogens (tertiary/aromatic N) is 2. The highest BCUT2D eigenvalue weighted by atomic mass is 35.5. The molecule has 0 spiro atoms. The zero-order valence-corrected chi connectivity index (χ0v) is 14.8. The zero-order valence-electron chi connectivity index (χ0n) is 14.0. The molecule has 132 valence electrons. The van der Waals surface area contributed by atoms with E-state index in [-0.39, 0.29) is 10.6 Å². The first kappa shape index (κ1) is 17.9. The van der Waals surface area contributed by atoms with Gasteiger partial charge in [-0.25, -0.2) is 0 Å². The Kier molecular flexibility index (Phi) is 6.02. The van der Waals surface area contributed by atoms with Gasteiger partial charge in [-0.15, -0.1) is 0 Å². The molecular formula is C19H22ClN3O2. The molecule has 1 aliphatic rings. The average molecular weight is 360 g/mol. The molecule has 5 nitrogen and oxygen atoms in total. The van der Waals surface area contributed by atoms with Crippen molar-refractivity contribution in [3.05, 3.63) is 74.8 Å². The summed E-state index contributed by atoms with van der Waals surface area (Å²) in [6, 6.07) is 15.5. The molecule has 25 heavy (non-hydrogen) atoms. The lowest BCUT2D eigenvalue weighted by molar-refractivity contribution is -0.384. The van der Waals surface area contributed by atoms with Crippen LogP contribution in [0.15, 0.2) is 48.5 Å². The lowest BCUT2D eigenvalue weighted by Gasteiger charge is -2.32. The highest BCUT2D eigenvalue weighted by molar-refractivity contribution is 6.31. The number of hydrogen-bond donors (Lipinski definition) is 1. The third-order valence-corrected chi connectivity index (χ3v) is 5.03. The molecule has 3 rings (SSSR count). The zero-order chi connectivity index (χ0) is 17.6. The van der Waals surface area contributed by atoms with Crippen molar-refractivity contribution in [2.75, 3.05) is 13.1 Å². The molecule has 0 radical (unpaired) electrons. The summed E-state index contributed by atoms with van der Waals surface area (Å²) in [6.07, 6.45) is 2.14. The van der Waals surface area contributed by atoms with E-state index in [0.717, 1.165) is 38.0 Å². The fraction of sp³-hybridized carbons (Fsp3) is 0.368. The van der Waals surface area contributed by atoms with Crippen LogP contribution in [0.2, 0.25) is 5.02 Å². The van der Waals surface area contributed by atoms with Gasteiger partial charge in [0.2, 0.25) is 0 Å². The van der Waals surface area contributed by atoms with Gasteiger partial charge in [0.25, 0.3) is 5.69 Å². The van der Waals surface area contributed by atoms with Crippen LogP contribution in [0.1, 0.15) is 24.0 Å². The standard InChI is InChI=1S/C19H22ClN3O2/c20-19-7-6-18(23(24)25)12-16(19)13-21-17-8-10-22(11-9-17)14-15-4-2-1-3-5-15/h1-7,12,17,21H,8-11,13-14H2. The largest absolute Gasteiger partial charge is 0.310 e. The normalized spacial score (nSPS) is 16.0. The average Bonchev–Trinajstić information content (AvgIpc) is 2.63. The van der Waals surface area contributed by atoms with E-state index in [1.165, 1.54) is 11.6 Å². The van der Waals surface area contributed by atoms with E-state index in [1.54, 1.807) is 12.1 Å². The number of hydrogen-bond acceptors (Lipinski definition) is 4. The van der Waals surface area contributed by atoms with Crippen molar-refractivity contribution in [3.8, 4) is 0 Å². The summed E-state index contributed by atoms with van der Waals surface area (Å²) in [5, 5.41) is 15.0. The van der Waals surface area contributed by atoms with Crippen LogP contribution < -0.4 is 5.32 Å². The monoisotopic (exact) mass is 359 g/mol. The smallest absolute Gasteiger partial charge is 0.269 e. The Labute approximate surface area is 152 Å². The molecular weight excluding hydrogens is 338 g/mol. The first-order chi connectivity index (χ1) is 12.1. The van der Waals surface area contributed by atoms with Crippen molar-refractivity contribution in [2.45, 2.75) is 32.0 Å². The van der Waals surface area contributed by atoms with Crippen LogP contribution in [0.5, 0.6) is 0 Å². The minimum absolute atomic E-state index is 0.0823. The predicted molar refractivity (Wildman–Crippen MR) is 99.7 cm³/mol. The molecule has 6 heteroatoms. The minimum Gasteiger partial charge on any atom is -0.310 e. The van der Waals surface area contributed by atoms with Gasteiger partial charge in [-0.2, -0.15) is 0 Å². The number of halogens is 1. The van der Waals surface area contributed by atoms with Crippen LogP contribution in [0.25, 0.3) is 0 Å². The second kappa shape index (κ2) is 8.43. The summed E-state index contributed by atoms with van der Waals surface area (Å²) in [5.41, 5.74) is 2.21. The molecule has 0 bridgehead atoms. The van der Waals surface area contributed by atoms with Crippen molar-refractivity contribution in [2.24, 2.45) is 0 Å². The first-order valence-corrected chi connectivity index (χ1v) is 8.92. The maximum absolute atomic E-state index is 10.9. The van der Waals surface area contributed by atoms with Crippen LogP contribution in [-0.2, 0) is 13.1 Å². The van der Waals surface area contributed by atoms with Gasteiger partial charge in [0.1, 0.15) is 0 Å². The van der Waals surface area contributed by atoms with Gasteiger partial charge >= 0.3 is 0 Å². The Morgan fingerprint density at radius 1 is 1.16 bits per heavy atom. The number of rotatable bonds is 6. The van der Waals surface area contributed by atoms with Crippen molar-refractivity contribution in [1.82, 2.24) is 10.2 Å². The molecule has 1 N–H and O–H groups in total. The Morgan fingerprint density at radius 3 is 2.56 bits per heavy atom. The van der Waals surface area contributed by atoms with Gasteiger partial charge in [0.05, 0.1) is 4.92 Å². The molecule has 1 fully saturated rings. The summed E-state index contributed by atoms with van der Waals surface area (Å²) in [7, 11) is 0. The summed E-state index contributed by atoms with van der Waals surface area (Å²) in [4.78, 5) is 13.0. The molecule has 2 aromatic carbocycles. The van der Waals surface area contributed by atoms with E-state index < -0.39 is 0 Å². The highest BCUT2D eigenvalue weighted by Crippen LogP contribution is 2.22. The number of nitro groups is 1. The number of non-ortho nitro benzene ring substituents is 1. The van der Waals surface area contributed by atoms with Crippen molar-refractivity contribution < 1.29 is 4.92 Å². The molecule has 0 amide bonds. The summed E-state index contributed by atoms with van der Waals surface area (Å²) >= 11 is 6.16. The highest BCUT2D eigenvalue weighted by Gasteiger charge is 2.19.